The molecule has 6 heteroatoms. The lowest BCUT2D eigenvalue weighted by atomic mass is 10.0. The van der Waals surface area contributed by atoms with Gasteiger partial charge in [-0.2, -0.15) is 0 Å². The van der Waals surface area contributed by atoms with Gasteiger partial charge in [0.1, 0.15) is 13.2 Å². The van der Waals surface area contributed by atoms with Gasteiger partial charge in [-0.25, -0.2) is 0 Å². The largest absolute Gasteiger partial charge is 0.486 e. The summed E-state index contributed by atoms with van der Waals surface area (Å²) in [7, 11) is 0. The van der Waals surface area contributed by atoms with Crippen molar-refractivity contribution >= 4 is 18.3 Å². The molecular weight excluding hydrogens is 304 g/mol. The van der Waals surface area contributed by atoms with E-state index in [9.17, 15) is 4.79 Å². The second kappa shape index (κ2) is 7.70. The third kappa shape index (κ3) is 3.65. The summed E-state index contributed by atoms with van der Waals surface area (Å²) in [4.78, 5) is 12.3. The predicted octanol–water partition coefficient (Wildman–Crippen LogP) is 2.06. The van der Waals surface area contributed by atoms with Crippen LogP contribution >= 0.6 is 12.4 Å². The molecule has 2 aliphatic heterocycles. The zero-order valence-electron chi connectivity index (χ0n) is 12.8. The number of carbonyl (C=O) groups is 1. The van der Waals surface area contributed by atoms with Gasteiger partial charge in [0.25, 0.3) is 0 Å². The van der Waals surface area contributed by atoms with Crippen molar-refractivity contribution in [2.24, 2.45) is 5.92 Å². The Morgan fingerprint density at radius 1 is 1.36 bits per heavy atom. The zero-order chi connectivity index (χ0) is 14.7. The standard InChI is InChI=1S/C16H22N2O3.ClH/c1-2-13(18-16(19)12-5-6-17-10-12)11-3-4-14-15(9-11)21-8-7-20-14;/h3-4,9,12-13,17H,2,5-8,10H2,1H3,(H,18,19);1H. The molecule has 5 nitrogen and oxygen atoms in total. The number of halogens is 1. The van der Waals surface area contributed by atoms with E-state index in [0.717, 1.165) is 43.0 Å². The smallest absolute Gasteiger partial charge is 0.224 e. The summed E-state index contributed by atoms with van der Waals surface area (Å²) in [6.07, 6.45) is 1.77. The van der Waals surface area contributed by atoms with Crippen molar-refractivity contribution in [1.82, 2.24) is 10.6 Å². The van der Waals surface area contributed by atoms with E-state index in [2.05, 4.69) is 17.6 Å². The minimum atomic E-state index is 0. The van der Waals surface area contributed by atoms with E-state index < -0.39 is 0 Å². The number of amides is 1. The van der Waals surface area contributed by atoms with Crippen LogP contribution in [0.25, 0.3) is 0 Å². The van der Waals surface area contributed by atoms with Crippen molar-refractivity contribution in [2.45, 2.75) is 25.8 Å². The molecule has 2 aliphatic rings. The summed E-state index contributed by atoms with van der Waals surface area (Å²) >= 11 is 0. The lowest BCUT2D eigenvalue weighted by molar-refractivity contribution is -0.125. The van der Waals surface area contributed by atoms with Gasteiger partial charge < -0.3 is 20.1 Å². The molecule has 0 bridgehead atoms. The van der Waals surface area contributed by atoms with E-state index in [0.29, 0.717) is 13.2 Å². The molecule has 0 saturated carbocycles. The predicted molar refractivity (Wildman–Crippen MR) is 86.8 cm³/mol. The average Bonchev–Trinajstić information content (AvgIpc) is 3.06. The van der Waals surface area contributed by atoms with Crippen LogP contribution in [0.5, 0.6) is 11.5 Å². The normalized spacial score (nSPS) is 20.9. The Morgan fingerprint density at radius 3 is 2.82 bits per heavy atom. The van der Waals surface area contributed by atoms with Gasteiger partial charge in [-0.1, -0.05) is 13.0 Å². The minimum Gasteiger partial charge on any atom is -0.486 e. The maximum absolute atomic E-state index is 12.3. The summed E-state index contributed by atoms with van der Waals surface area (Å²) < 4.78 is 11.1. The maximum Gasteiger partial charge on any atom is 0.224 e. The van der Waals surface area contributed by atoms with Crippen molar-refractivity contribution < 1.29 is 14.3 Å². The van der Waals surface area contributed by atoms with Gasteiger partial charge in [-0.15, -0.1) is 12.4 Å². The number of ether oxygens (including phenoxy) is 2. The monoisotopic (exact) mass is 326 g/mol. The van der Waals surface area contributed by atoms with Gasteiger partial charge in [0.15, 0.2) is 11.5 Å². The summed E-state index contributed by atoms with van der Waals surface area (Å²) in [6.45, 7) is 4.96. The van der Waals surface area contributed by atoms with E-state index in [1.54, 1.807) is 0 Å². The van der Waals surface area contributed by atoms with Crippen molar-refractivity contribution in [3.63, 3.8) is 0 Å². The molecule has 2 N–H and O–H groups in total. The fourth-order valence-electron chi connectivity index (χ4n) is 2.87. The molecule has 2 unspecified atom stereocenters. The van der Waals surface area contributed by atoms with Gasteiger partial charge >= 0.3 is 0 Å². The summed E-state index contributed by atoms with van der Waals surface area (Å²) in [5.41, 5.74) is 1.07. The fourth-order valence-corrected chi connectivity index (χ4v) is 2.87. The third-order valence-electron chi connectivity index (χ3n) is 4.12. The molecule has 1 aromatic rings. The Morgan fingerprint density at radius 2 is 2.14 bits per heavy atom. The number of rotatable bonds is 4. The molecule has 122 valence electrons. The SMILES string of the molecule is CCC(NC(=O)C1CCNC1)c1ccc2c(c1)OCCO2.Cl. The molecule has 22 heavy (non-hydrogen) atoms. The number of nitrogens with one attached hydrogen (secondary N) is 2. The summed E-state index contributed by atoms with van der Waals surface area (Å²) in [5.74, 6) is 1.79. The molecule has 2 atom stereocenters. The zero-order valence-corrected chi connectivity index (χ0v) is 13.6. The van der Waals surface area contributed by atoms with Crippen LogP contribution in [0.15, 0.2) is 18.2 Å². The maximum atomic E-state index is 12.3. The van der Waals surface area contributed by atoms with Gasteiger partial charge in [-0.3, -0.25) is 4.79 Å². The Kier molecular flexibility index (Phi) is 5.91. The highest BCUT2D eigenvalue weighted by Gasteiger charge is 2.25. The molecule has 1 saturated heterocycles. The van der Waals surface area contributed by atoms with Crippen LogP contribution in [-0.4, -0.2) is 32.2 Å². The molecule has 1 aromatic carbocycles. The van der Waals surface area contributed by atoms with Crippen LogP contribution in [0.3, 0.4) is 0 Å². The highest BCUT2D eigenvalue weighted by atomic mass is 35.5. The van der Waals surface area contributed by atoms with Crippen LogP contribution in [-0.2, 0) is 4.79 Å². The molecule has 1 fully saturated rings. The fraction of sp³-hybridized carbons (Fsp3) is 0.562. The number of carbonyl (C=O) groups excluding carboxylic acids is 1. The second-order valence-electron chi connectivity index (χ2n) is 5.56. The molecule has 1 amide bonds. The van der Waals surface area contributed by atoms with Crippen molar-refractivity contribution in [1.29, 1.82) is 0 Å². The van der Waals surface area contributed by atoms with Gasteiger partial charge in [0.05, 0.1) is 12.0 Å². The quantitative estimate of drug-likeness (QED) is 0.889. The van der Waals surface area contributed by atoms with E-state index in [-0.39, 0.29) is 30.3 Å². The van der Waals surface area contributed by atoms with Crippen LogP contribution in [0.2, 0.25) is 0 Å². The first kappa shape index (κ1) is 16.9. The number of benzene rings is 1. The van der Waals surface area contributed by atoms with E-state index in [4.69, 9.17) is 9.47 Å². The number of fused-ring (bicyclic) bond motifs is 1. The van der Waals surface area contributed by atoms with Gasteiger partial charge in [0, 0.05) is 6.54 Å². The lowest BCUT2D eigenvalue weighted by Crippen LogP contribution is -2.34. The Hall–Kier alpha value is -1.46. The highest BCUT2D eigenvalue weighted by molar-refractivity contribution is 5.85. The summed E-state index contributed by atoms with van der Waals surface area (Å²) in [6, 6.07) is 5.94. The Bertz CT molecular complexity index is 518. The molecule has 0 aliphatic carbocycles. The lowest BCUT2D eigenvalue weighted by Gasteiger charge is -2.23. The molecule has 0 aromatic heterocycles. The van der Waals surface area contributed by atoms with E-state index >= 15 is 0 Å². The first-order valence-corrected chi connectivity index (χ1v) is 7.68. The molecule has 3 rings (SSSR count). The van der Waals surface area contributed by atoms with Crippen molar-refractivity contribution in [3.8, 4) is 11.5 Å². The van der Waals surface area contributed by atoms with Gasteiger partial charge in [-0.05, 0) is 37.1 Å². The van der Waals surface area contributed by atoms with Crippen LogP contribution in [0, 0.1) is 5.92 Å². The van der Waals surface area contributed by atoms with E-state index in [1.807, 2.05) is 18.2 Å². The summed E-state index contributed by atoms with van der Waals surface area (Å²) in [5, 5.41) is 6.38. The average molecular weight is 327 g/mol. The van der Waals surface area contributed by atoms with Crippen molar-refractivity contribution in [2.75, 3.05) is 26.3 Å². The minimum absolute atomic E-state index is 0. The molecule has 2 heterocycles. The van der Waals surface area contributed by atoms with Crippen LogP contribution < -0.4 is 20.1 Å². The number of hydrogen-bond acceptors (Lipinski definition) is 4. The highest BCUT2D eigenvalue weighted by Crippen LogP contribution is 2.33. The first-order chi connectivity index (χ1) is 10.3. The third-order valence-corrected chi connectivity index (χ3v) is 4.12. The van der Waals surface area contributed by atoms with Gasteiger partial charge in [0.2, 0.25) is 5.91 Å². The number of hydrogen-bond donors (Lipinski definition) is 2. The second-order valence-corrected chi connectivity index (χ2v) is 5.56. The Labute approximate surface area is 137 Å². The van der Waals surface area contributed by atoms with Crippen LogP contribution in [0.1, 0.15) is 31.4 Å². The Balaban J connectivity index is 0.00000176. The molecular formula is C16H23ClN2O3. The van der Waals surface area contributed by atoms with E-state index in [1.165, 1.54) is 0 Å². The van der Waals surface area contributed by atoms with Crippen molar-refractivity contribution in [3.05, 3.63) is 23.8 Å². The first-order valence-electron chi connectivity index (χ1n) is 7.68. The van der Waals surface area contributed by atoms with Crippen LogP contribution in [0.4, 0.5) is 0 Å². The topological polar surface area (TPSA) is 59.6 Å². The molecule has 0 spiro atoms. The molecule has 0 radical (unpaired) electrons.